The van der Waals surface area contributed by atoms with Crippen LogP contribution in [0.1, 0.15) is 12.0 Å². The number of fused-ring (bicyclic) bond motifs is 1. The Morgan fingerprint density at radius 3 is 2.82 bits per heavy atom. The number of likely N-dealkylation sites (tertiary alicyclic amines) is 1. The first-order valence-corrected chi connectivity index (χ1v) is 7.65. The van der Waals surface area contributed by atoms with Crippen molar-refractivity contribution in [2.24, 2.45) is 5.73 Å². The van der Waals surface area contributed by atoms with Gasteiger partial charge >= 0.3 is 0 Å². The monoisotopic (exact) mass is 293 g/mol. The SMILES string of the molecule is N[C@@H]1CCN(Cc2cnc3c(-c4ccccc4)cnn3c2)C1. The Kier molecular flexibility index (Phi) is 3.36. The van der Waals surface area contributed by atoms with Crippen LogP contribution >= 0.6 is 0 Å². The molecule has 0 radical (unpaired) electrons. The summed E-state index contributed by atoms with van der Waals surface area (Å²) in [5, 5.41) is 4.46. The average Bonchev–Trinajstić information content (AvgIpc) is 3.14. The average molecular weight is 293 g/mol. The highest BCUT2D eigenvalue weighted by Crippen LogP contribution is 2.23. The van der Waals surface area contributed by atoms with Gasteiger partial charge in [0.2, 0.25) is 0 Å². The van der Waals surface area contributed by atoms with E-state index in [4.69, 9.17) is 5.73 Å². The van der Waals surface area contributed by atoms with Gasteiger partial charge in [-0.2, -0.15) is 5.10 Å². The van der Waals surface area contributed by atoms with Gasteiger partial charge in [-0.05, 0) is 12.0 Å². The smallest absolute Gasteiger partial charge is 0.162 e. The molecule has 3 aromatic rings. The van der Waals surface area contributed by atoms with Gasteiger partial charge in [0.25, 0.3) is 0 Å². The molecule has 5 nitrogen and oxygen atoms in total. The minimum atomic E-state index is 0.311. The molecule has 0 spiro atoms. The molecule has 1 aromatic carbocycles. The lowest BCUT2D eigenvalue weighted by Crippen LogP contribution is -2.26. The zero-order valence-electron chi connectivity index (χ0n) is 12.4. The maximum atomic E-state index is 5.96. The quantitative estimate of drug-likeness (QED) is 0.801. The number of hydrogen-bond donors (Lipinski definition) is 1. The number of hydrogen-bond acceptors (Lipinski definition) is 4. The molecule has 1 saturated heterocycles. The Labute approximate surface area is 129 Å². The van der Waals surface area contributed by atoms with Crippen molar-refractivity contribution >= 4 is 5.65 Å². The van der Waals surface area contributed by atoms with Gasteiger partial charge in [0.1, 0.15) is 0 Å². The van der Waals surface area contributed by atoms with Gasteiger partial charge in [-0.3, -0.25) is 4.90 Å². The third-order valence-electron chi connectivity index (χ3n) is 4.21. The summed E-state index contributed by atoms with van der Waals surface area (Å²) in [6, 6.07) is 10.6. The highest BCUT2D eigenvalue weighted by molar-refractivity contribution is 5.76. The van der Waals surface area contributed by atoms with Crippen LogP contribution in [0.25, 0.3) is 16.8 Å². The van der Waals surface area contributed by atoms with Gasteiger partial charge in [-0.15, -0.1) is 0 Å². The van der Waals surface area contributed by atoms with E-state index in [1.807, 2.05) is 35.1 Å². The van der Waals surface area contributed by atoms with E-state index in [0.717, 1.165) is 42.8 Å². The van der Waals surface area contributed by atoms with E-state index < -0.39 is 0 Å². The van der Waals surface area contributed by atoms with Crippen molar-refractivity contribution in [3.8, 4) is 11.1 Å². The zero-order chi connectivity index (χ0) is 14.9. The molecule has 1 fully saturated rings. The summed E-state index contributed by atoms with van der Waals surface area (Å²) in [6.45, 7) is 2.91. The summed E-state index contributed by atoms with van der Waals surface area (Å²) in [4.78, 5) is 6.99. The molecular formula is C17H19N5. The normalized spacial score (nSPS) is 19.0. The Morgan fingerprint density at radius 2 is 2.05 bits per heavy atom. The minimum absolute atomic E-state index is 0.311. The van der Waals surface area contributed by atoms with Crippen molar-refractivity contribution in [3.63, 3.8) is 0 Å². The molecular weight excluding hydrogens is 274 g/mol. The molecule has 3 heterocycles. The summed E-state index contributed by atoms with van der Waals surface area (Å²) < 4.78 is 1.87. The highest BCUT2D eigenvalue weighted by Gasteiger charge is 2.19. The molecule has 0 amide bonds. The van der Waals surface area contributed by atoms with E-state index in [0.29, 0.717) is 6.04 Å². The number of nitrogens with zero attached hydrogens (tertiary/aromatic N) is 4. The number of aromatic nitrogens is 3. The first-order valence-electron chi connectivity index (χ1n) is 7.65. The zero-order valence-corrected chi connectivity index (χ0v) is 12.4. The second-order valence-electron chi connectivity index (χ2n) is 5.94. The first-order chi connectivity index (χ1) is 10.8. The number of benzene rings is 1. The van der Waals surface area contributed by atoms with Crippen LogP contribution in [0.2, 0.25) is 0 Å². The Morgan fingerprint density at radius 1 is 1.18 bits per heavy atom. The molecule has 0 unspecified atom stereocenters. The lowest BCUT2D eigenvalue weighted by molar-refractivity contribution is 0.326. The van der Waals surface area contributed by atoms with Crippen molar-refractivity contribution in [2.75, 3.05) is 13.1 Å². The fourth-order valence-corrected chi connectivity index (χ4v) is 3.08. The molecule has 4 rings (SSSR count). The fraction of sp³-hybridized carbons (Fsp3) is 0.294. The highest BCUT2D eigenvalue weighted by atomic mass is 15.2. The topological polar surface area (TPSA) is 59.5 Å². The Hall–Kier alpha value is -2.24. The number of nitrogens with two attached hydrogens (primary N) is 1. The molecule has 2 N–H and O–H groups in total. The van der Waals surface area contributed by atoms with Gasteiger partial charge < -0.3 is 5.73 Å². The van der Waals surface area contributed by atoms with E-state index >= 15 is 0 Å². The minimum Gasteiger partial charge on any atom is -0.326 e. The lowest BCUT2D eigenvalue weighted by atomic mass is 10.1. The van der Waals surface area contributed by atoms with Crippen molar-refractivity contribution < 1.29 is 0 Å². The fourth-order valence-electron chi connectivity index (χ4n) is 3.08. The van der Waals surface area contributed by atoms with E-state index in [1.165, 1.54) is 5.56 Å². The lowest BCUT2D eigenvalue weighted by Gasteiger charge is -2.14. The molecule has 0 aliphatic carbocycles. The molecule has 22 heavy (non-hydrogen) atoms. The maximum Gasteiger partial charge on any atom is 0.162 e. The second-order valence-corrected chi connectivity index (χ2v) is 5.94. The molecule has 1 aliphatic heterocycles. The van der Waals surface area contributed by atoms with E-state index in [2.05, 4.69) is 33.3 Å². The number of rotatable bonds is 3. The van der Waals surface area contributed by atoms with Crippen molar-refractivity contribution in [3.05, 3.63) is 54.5 Å². The van der Waals surface area contributed by atoms with Crippen molar-refractivity contribution in [2.45, 2.75) is 19.0 Å². The summed E-state index contributed by atoms with van der Waals surface area (Å²) >= 11 is 0. The van der Waals surface area contributed by atoms with Crippen molar-refractivity contribution in [1.82, 2.24) is 19.5 Å². The van der Waals surface area contributed by atoms with Crippen molar-refractivity contribution in [1.29, 1.82) is 0 Å². The molecule has 5 heteroatoms. The summed E-state index contributed by atoms with van der Waals surface area (Å²) in [6.07, 6.45) is 6.98. The predicted molar refractivity (Wildman–Crippen MR) is 86.3 cm³/mol. The summed E-state index contributed by atoms with van der Waals surface area (Å²) in [5.41, 5.74) is 10.2. The van der Waals surface area contributed by atoms with Crippen LogP contribution in [-0.4, -0.2) is 38.6 Å². The second kappa shape index (κ2) is 5.51. The summed E-state index contributed by atoms with van der Waals surface area (Å²) in [5.74, 6) is 0. The maximum absolute atomic E-state index is 5.96. The van der Waals surface area contributed by atoms with E-state index in [9.17, 15) is 0 Å². The molecule has 112 valence electrons. The molecule has 0 bridgehead atoms. The van der Waals surface area contributed by atoms with Crippen LogP contribution in [-0.2, 0) is 6.54 Å². The van der Waals surface area contributed by atoms with Crippen LogP contribution in [0.3, 0.4) is 0 Å². The van der Waals surface area contributed by atoms with Crippen LogP contribution in [0, 0.1) is 0 Å². The summed E-state index contributed by atoms with van der Waals surface area (Å²) in [7, 11) is 0. The van der Waals surface area contributed by atoms with Gasteiger partial charge in [0, 0.05) is 49.2 Å². The Balaban J connectivity index is 1.63. The molecule has 0 saturated carbocycles. The van der Waals surface area contributed by atoms with Crippen LogP contribution in [0.5, 0.6) is 0 Å². The predicted octanol–water partition coefficient (Wildman–Crippen LogP) is 1.93. The third-order valence-corrected chi connectivity index (χ3v) is 4.21. The van der Waals surface area contributed by atoms with Crippen LogP contribution < -0.4 is 5.73 Å². The molecule has 1 atom stereocenters. The largest absolute Gasteiger partial charge is 0.326 e. The Bertz CT molecular complexity index is 780. The van der Waals surface area contributed by atoms with E-state index in [-0.39, 0.29) is 0 Å². The van der Waals surface area contributed by atoms with Gasteiger partial charge in [0.15, 0.2) is 5.65 Å². The molecule has 2 aromatic heterocycles. The van der Waals surface area contributed by atoms with Gasteiger partial charge in [-0.25, -0.2) is 9.50 Å². The third kappa shape index (κ3) is 2.49. The van der Waals surface area contributed by atoms with E-state index in [1.54, 1.807) is 0 Å². The van der Waals surface area contributed by atoms with Gasteiger partial charge in [-0.1, -0.05) is 30.3 Å². The molecule has 1 aliphatic rings. The standard InChI is InChI=1S/C17H19N5/c18-15-6-7-21(12-15)10-13-8-19-17-16(9-20-22(17)11-13)14-4-2-1-3-5-14/h1-5,8-9,11,15H,6-7,10,12,18H2/t15-/m1/s1. The van der Waals surface area contributed by atoms with Crippen LogP contribution in [0.4, 0.5) is 0 Å². The van der Waals surface area contributed by atoms with Crippen LogP contribution in [0.15, 0.2) is 48.9 Å². The van der Waals surface area contributed by atoms with Gasteiger partial charge in [0.05, 0.1) is 6.20 Å². The first kappa shape index (κ1) is 13.4.